The van der Waals surface area contributed by atoms with E-state index in [-0.39, 0.29) is 0 Å². The third-order valence-electron chi connectivity index (χ3n) is 3.25. The summed E-state index contributed by atoms with van der Waals surface area (Å²) in [6.07, 6.45) is 2.36. The molecule has 108 valence electrons. The highest BCUT2D eigenvalue weighted by Crippen LogP contribution is 2.34. The first-order chi connectivity index (χ1) is 10.8. The molecular formula is C18H13BrN2O. The van der Waals surface area contributed by atoms with E-state index < -0.39 is 0 Å². The highest BCUT2D eigenvalue weighted by molar-refractivity contribution is 9.10. The van der Waals surface area contributed by atoms with Gasteiger partial charge in [0.25, 0.3) is 0 Å². The van der Waals surface area contributed by atoms with Gasteiger partial charge in [0.05, 0.1) is 0 Å². The Hall–Kier alpha value is -2.46. The van der Waals surface area contributed by atoms with Gasteiger partial charge in [-0.15, -0.1) is 0 Å². The predicted molar refractivity (Wildman–Crippen MR) is 92.0 cm³/mol. The average molecular weight is 353 g/mol. The van der Waals surface area contributed by atoms with Crippen LogP contribution in [-0.2, 0) is 0 Å². The van der Waals surface area contributed by atoms with Crippen molar-refractivity contribution in [2.24, 2.45) is 0 Å². The van der Waals surface area contributed by atoms with Crippen LogP contribution in [0.1, 0.15) is 10.4 Å². The number of benzene rings is 2. The lowest BCUT2D eigenvalue weighted by molar-refractivity contribution is 0.112. The minimum absolute atomic E-state index is 0.532. The fourth-order valence-electron chi connectivity index (χ4n) is 2.21. The molecule has 1 aromatic heterocycles. The second kappa shape index (κ2) is 6.54. The molecule has 0 N–H and O–H groups in total. The molecule has 3 aromatic rings. The summed E-state index contributed by atoms with van der Waals surface area (Å²) in [6, 6.07) is 21.8. The van der Waals surface area contributed by atoms with E-state index in [0.717, 1.165) is 28.0 Å². The Morgan fingerprint density at radius 3 is 1.91 bits per heavy atom. The van der Waals surface area contributed by atoms with Crippen molar-refractivity contribution in [3.8, 4) is 0 Å². The maximum absolute atomic E-state index is 11.0. The van der Waals surface area contributed by atoms with E-state index >= 15 is 0 Å². The van der Waals surface area contributed by atoms with Gasteiger partial charge in [0.15, 0.2) is 6.29 Å². The standard InChI is InChI=1S/C18H13BrN2O/c19-17-11-18(20-12-14(17)13-22)21(15-7-3-1-4-8-15)16-9-5-2-6-10-16/h1-13H. The van der Waals surface area contributed by atoms with Crippen molar-refractivity contribution in [2.75, 3.05) is 4.90 Å². The van der Waals surface area contributed by atoms with Crippen LogP contribution >= 0.6 is 15.9 Å². The van der Waals surface area contributed by atoms with Crippen molar-refractivity contribution >= 4 is 39.4 Å². The first-order valence-electron chi connectivity index (χ1n) is 6.80. The zero-order valence-corrected chi connectivity index (χ0v) is 13.3. The number of pyridine rings is 1. The number of aldehydes is 1. The molecule has 3 nitrogen and oxygen atoms in total. The van der Waals surface area contributed by atoms with E-state index in [4.69, 9.17) is 0 Å². The summed E-state index contributed by atoms with van der Waals surface area (Å²) in [5, 5.41) is 0. The van der Waals surface area contributed by atoms with E-state index in [1.807, 2.05) is 71.6 Å². The predicted octanol–water partition coefficient (Wildman–Crippen LogP) is 5.13. The van der Waals surface area contributed by atoms with Crippen LogP contribution in [0.5, 0.6) is 0 Å². The molecule has 0 bridgehead atoms. The van der Waals surface area contributed by atoms with Crippen molar-refractivity contribution < 1.29 is 4.79 Å². The molecular weight excluding hydrogens is 340 g/mol. The smallest absolute Gasteiger partial charge is 0.152 e. The van der Waals surface area contributed by atoms with Gasteiger partial charge in [0, 0.05) is 27.6 Å². The molecule has 3 rings (SSSR count). The molecule has 0 spiro atoms. The Morgan fingerprint density at radius 1 is 0.909 bits per heavy atom. The summed E-state index contributed by atoms with van der Waals surface area (Å²) < 4.78 is 0.726. The Balaban J connectivity index is 2.14. The number of nitrogens with zero attached hydrogens (tertiary/aromatic N) is 2. The lowest BCUT2D eigenvalue weighted by Gasteiger charge is -2.24. The van der Waals surface area contributed by atoms with Crippen LogP contribution in [0.3, 0.4) is 0 Å². The summed E-state index contributed by atoms with van der Waals surface area (Å²) in [4.78, 5) is 17.4. The molecule has 0 radical (unpaired) electrons. The van der Waals surface area contributed by atoms with Crippen molar-refractivity contribution in [2.45, 2.75) is 0 Å². The van der Waals surface area contributed by atoms with Crippen LogP contribution in [0.15, 0.2) is 77.4 Å². The number of rotatable bonds is 4. The van der Waals surface area contributed by atoms with E-state index in [0.29, 0.717) is 5.56 Å². The van der Waals surface area contributed by atoms with E-state index in [1.54, 1.807) is 6.20 Å². The number of carbonyl (C=O) groups excluding carboxylic acids is 1. The van der Waals surface area contributed by atoms with Gasteiger partial charge in [-0.05, 0) is 46.3 Å². The van der Waals surface area contributed by atoms with Gasteiger partial charge in [0.2, 0.25) is 0 Å². The molecule has 0 amide bonds. The number of carbonyl (C=O) groups is 1. The fourth-order valence-corrected chi connectivity index (χ4v) is 2.61. The van der Waals surface area contributed by atoms with Crippen LogP contribution in [0.4, 0.5) is 17.2 Å². The summed E-state index contributed by atoms with van der Waals surface area (Å²) in [6.45, 7) is 0. The SMILES string of the molecule is O=Cc1cnc(N(c2ccccc2)c2ccccc2)cc1Br. The van der Waals surface area contributed by atoms with Crippen LogP contribution in [-0.4, -0.2) is 11.3 Å². The molecule has 0 aliphatic heterocycles. The van der Waals surface area contributed by atoms with Crippen LogP contribution < -0.4 is 4.90 Å². The molecule has 1 heterocycles. The summed E-state index contributed by atoms with van der Waals surface area (Å²) in [5.41, 5.74) is 2.55. The lowest BCUT2D eigenvalue weighted by atomic mass is 10.2. The molecule has 0 aliphatic carbocycles. The molecule has 0 atom stereocenters. The van der Waals surface area contributed by atoms with Gasteiger partial charge in [0.1, 0.15) is 5.82 Å². The topological polar surface area (TPSA) is 33.2 Å². The number of halogens is 1. The molecule has 22 heavy (non-hydrogen) atoms. The quantitative estimate of drug-likeness (QED) is 0.610. The van der Waals surface area contributed by atoms with Crippen molar-refractivity contribution in [1.82, 2.24) is 4.98 Å². The summed E-state index contributed by atoms with van der Waals surface area (Å²) in [7, 11) is 0. The van der Waals surface area contributed by atoms with Gasteiger partial charge in [-0.3, -0.25) is 9.69 Å². The first kappa shape index (κ1) is 14.5. The first-order valence-corrected chi connectivity index (χ1v) is 7.60. The number of hydrogen-bond acceptors (Lipinski definition) is 3. The third kappa shape index (κ3) is 2.92. The van der Waals surface area contributed by atoms with E-state index in [9.17, 15) is 4.79 Å². The second-order valence-electron chi connectivity index (χ2n) is 4.69. The number of para-hydroxylation sites is 2. The maximum Gasteiger partial charge on any atom is 0.152 e. The molecule has 2 aromatic carbocycles. The molecule has 0 saturated carbocycles. The third-order valence-corrected chi connectivity index (χ3v) is 3.94. The fraction of sp³-hybridized carbons (Fsp3) is 0. The summed E-state index contributed by atoms with van der Waals surface area (Å²) in [5.74, 6) is 0.745. The summed E-state index contributed by atoms with van der Waals surface area (Å²) >= 11 is 3.42. The highest BCUT2D eigenvalue weighted by atomic mass is 79.9. The average Bonchev–Trinajstić information content (AvgIpc) is 2.57. The second-order valence-corrected chi connectivity index (χ2v) is 5.54. The zero-order valence-electron chi connectivity index (χ0n) is 11.7. The molecule has 0 saturated heterocycles. The van der Waals surface area contributed by atoms with E-state index in [2.05, 4.69) is 20.9 Å². The van der Waals surface area contributed by atoms with E-state index in [1.165, 1.54) is 0 Å². The van der Waals surface area contributed by atoms with Gasteiger partial charge < -0.3 is 0 Å². The lowest BCUT2D eigenvalue weighted by Crippen LogP contribution is -2.11. The van der Waals surface area contributed by atoms with Crippen LogP contribution in [0.2, 0.25) is 0 Å². The Bertz CT molecular complexity index is 736. The maximum atomic E-state index is 11.0. The van der Waals surface area contributed by atoms with Gasteiger partial charge >= 0.3 is 0 Å². The molecule has 0 fully saturated rings. The molecule has 0 aliphatic rings. The monoisotopic (exact) mass is 352 g/mol. The van der Waals surface area contributed by atoms with Gasteiger partial charge in [-0.25, -0.2) is 4.98 Å². The Labute approximate surface area is 137 Å². The van der Waals surface area contributed by atoms with Crippen LogP contribution in [0, 0.1) is 0 Å². The minimum atomic E-state index is 0.532. The highest BCUT2D eigenvalue weighted by Gasteiger charge is 2.14. The Kier molecular flexibility index (Phi) is 4.30. The van der Waals surface area contributed by atoms with Gasteiger partial charge in [-0.2, -0.15) is 0 Å². The molecule has 4 heteroatoms. The van der Waals surface area contributed by atoms with Crippen molar-refractivity contribution in [1.29, 1.82) is 0 Å². The zero-order chi connectivity index (χ0) is 15.4. The molecule has 0 unspecified atom stereocenters. The van der Waals surface area contributed by atoms with Crippen molar-refractivity contribution in [3.05, 3.63) is 83.0 Å². The van der Waals surface area contributed by atoms with Crippen molar-refractivity contribution in [3.63, 3.8) is 0 Å². The number of anilines is 3. The number of aromatic nitrogens is 1. The normalized spacial score (nSPS) is 10.2. The van der Waals surface area contributed by atoms with Crippen LogP contribution in [0.25, 0.3) is 0 Å². The Morgan fingerprint density at radius 2 is 1.45 bits per heavy atom. The number of hydrogen-bond donors (Lipinski definition) is 0. The minimum Gasteiger partial charge on any atom is -0.298 e. The van der Waals surface area contributed by atoms with Gasteiger partial charge in [-0.1, -0.05) is 36.4 Å². The largest absolute Gasteiger partial charge is 0.298 e.